The topological polar surface area (TPSA) is 150 Å². The molecule has 21 heavy (non-hydrogen) atoms. The lowest BCUT2D eigenvalue weighted by molar-refractivity contribution is -0.745. The first kappa shape index (κ1) is 13.9. The number of hydrogen-bond donors (Lipinski definition) is 5. The predicted molar refractivity (Wildman–Crippen MR) is 69.1 cm³/mol. The predicted octanol–water partition coefficient (Wildman–Crippen LogP) is -2.61. The number of aliphatic hydroxyl groups excluding tert-OH is 2. The summed E-state index contributed by atoms with van der Waals surface area (Å²) >= 11 is 0. The van der Waals surface area contributed by atoms with Crippen molar-refractivity contribution < 1.29 is 24.3 Å². The third-order valence-electron chi connectivity index (χ3n) is 3.55. The third-order valence-corrected chi connectivity index (χ3v) is 3.55. The Hall–Kier alpha value is -2.01. The quantitative estimate of drug-likeness (QED) is 0.389. The van der Waals surface area contributed by atoms with Gasteiger partial charge in [0, 0.05) is 7.11 Å². The molecular weight excluding hydrogens is 282 g/mol. The van der Waals surface area contributed by atoms with Crippen LogP contribution in [-0.4, -0.2) is 57.2 Å². The van der Waals surface area contributed by atoms with Gasteiger partial charge in [0.1, 0.15) is 18.3 Å². The molecule has 4 atom stereocenters. The molecule has 0 aromatic carbocycles. The van der Waals surface area contributed by atoms with Gasteiger partial charge in [-0.1, -0.05) is 4.98 Å². The van der Waals surface area contributed by atoms with Gasteiger partial charge in [0.05, 0.1) is 6.61 Å². The molecule has 0 radical (unpaired) electrons. The van der Waals surface area contributed by atoms with Gasteiger partial charge in [0.25, 0.3) is 11.5 Å². The number of aromatic nitrogens is 4. The minimum Gasteiger partial charge on any atom is -0.394 e. The minimum atomic E-state index is -0.998. The monoisotopic (exact) mass is 298 g/mol. The molecule has 0 spiro atoms. The molecule has 2 aromatic rings. The zero-order valence-corrected chi connectivity index (χ0v) is 11.2. The zero-order chi connectivity index (χ0) is 15.1. The summed E-state index contributed by atoms with van der Waals surface area (Å²) in [5.41, 5.74) is 5.63. The van der Waals surface area contributed by atoms with E-state index in [1.54, 1.807) is 0 Å². The Morgan fingerprint density at radius 3 is 3.05 bits per heavy atom. The molecule has 2 aromatic heterocycles. The van der Waals surface area contributed by atoms with Crippen molar-refractivity contribution >= 4 is 17.1 Å². The molecule has 3 rings (SSSR count). The van der Waals surface area contributed by atoms with E-state index in [9.17, 15) is 15.0 Å². The van der Waals surface area contributed by atoms with Crippen molar-refractivity contribution in [2.45, 2.75) is 24.5 Å². The number of fused-ring (bicyclic) bond motifs is 1. The summed E-state index contributed by atoms with van der Waals surface area (Å²) in [5.74, 6) is -0.0351. The Kier molecular flexibility index (Phi) is 3.37. The third kappa shape index (κ3) is 2.08. The van der Waals surface area contributed by atoms with E-state index in [-0.39, 0.29) is 23.7 Å². The molecule has 1 saturated heterocycles. The van der Waals surface area contributed by atoms with E-state index in [0.717, 1.165) is 0 Å². The van der Waals surface area contributed by atoms with Crippen molar-refractivity contribution in [2.75, 3.05) is 19.5 Å². The van der Waals surface area contributed by atoms with Crippen molar-refractivity contribution in [1.29, 1.82) is 0 Å². The average molecular weight is 298 g/mol. The van der Waals surface area contributed by atoms with Crippen molar-refractivity contribution in [2.24, 2.45) is 0 Å². The lowest BCUT2D eigenvalue weighted by Gasteiger charge is -2.16. The van der Waals surface area contributed by atoms with Gasteiger partial charge < -0.3 is 25.4 Å². The highest BCUT2D eigenvalue weighted by Crippen LogP contribution is 2.28. The number of nitrogens with one attached hydrogen (secondary N) is 2. The van der Waals surface area contributed by atoms with Crippen LogP contribution >= 0.6 is 0 Å². The number of ether oxygens (including phenoxy) is 2. The van der Waals surface area contributed by atoms with E-state index in [1.165, 1.54) is 18.0 Å². The van der Waals surface area contributed by atoms with Gasteiger partial charge in [-0.05, 0) is 0 Å². The number of anilines is 1. The smallest absolute Gasteiger partial charge is 0.313 e. The molecule has 6 N–H and O–H groups in total. The molecule has 0 amide bonds. The van der Waals surface area contributed by atoms with E-state index >= 15 is 0 Å². The Labute approximate surface area is 118 Å². The van der Waals surface area contributed by atoms with Crippen LogP contribution in [0, 0.1) is 0 Å². The van der Waals surface area contributed by atoms with Gasteiger partial charge in [-0.25, -0.2) is 4.57 Å². The SMILES string of the molecule is CO[C@@H]1C(O)[C@@H](CO)O[C@H]1[n+]1c[nH]c2c(=O)[nH]c(N)nc21. The molecule has 10 heteroatoms. The Balaban J connectivity index is 2.10. The van der Waals surface area contributed by atoms with Gasteiger partial charge in [-0.15, -0.1) is 0 Å². The van der Waals surface area contributed by atoms with Gasteiger partial charge in [0.2, 0.25) is 11.7 Å². The van der Waals surface area contributed by atoms with Crippen LogP contribution in [0.4, 0.5) is 5.95 Å². The lowest BCUT2D eigenvalue weighted by Crippen LogP contribution is -2.46. The number of nitrogens with two attached hydrogens (primary N) is 1. The van der Waals surface area contributed by atoms with Gasteiger partial charge in [0.15, 0.2) is 6.33 Å². The minimum absolute atomic E-state index is 0.0351. The van der Waals surface area contributed by atoms with Crippen LogP contribution < -0.4 is 15.9 Å². The van der Waals surface area contributed by atoms with Crippen LogP contribution in [-0.2, 0) is 9.47 Å². The zero-order valence-electron chi connectivity index (χ0n) is 11.2. The van der Waals surface area contributed by atoms with Crippen LogP contribution in [0.1, 0.15) is 6.23 Å². The van der Waals surface area contributed by atoms with Crippen LogP contribution in [0.15, 0.2) is 11.1 Å². The van der Waals surface area contributed by atoms with Crippen LogP contribution in [0.2, 0.25) is 0 Å². The highest BCUT2D eigenvalue weighted by Gasteiger charge is 2.47. The molecule has 10 nitrogen and oxygen atoms in total. The fourth-order valence-corrected chi connectivity index (χ4v) is 2.53. The highest BCUT2D eigenvalue weighted by molar-refractivity contribution is 5.65. The second-order valence-electron chi connectivity index (χ2n) is 4.77. The van der Waals surface area contributed by atoms with E-state index in [1.807, 2.05) is 0 Å². The number of H-pyrrole nitrogens is 2. The Bertz CT molecular complexity index is 713. The summed E-state index contributed by atoms with van der Waals surface area (Å²) in [4.78, 5) is 21.0. The molecule has 114 valence electrons. The summed E-state index contributed by atoms with van der Waals surface area (Å²) in [6.45, 7) is -0.351. The number of aromatic amines is 2. The van der Waals surface area contributed by atoms with Gasteiger partial charge in [-0.3, -0.25) is 14.8 Å². The number of nitrogen functional groups attached to an aromatic ring is 1. The maximum absolute atomic E-state index is 11.8. The molecule has 1 unspecified atom stereocenters. The number of hydrogen-bond acceptors (Lipinski definition) is 7. The summed E-state index contributed by atoms with van der Waals surface area (Å²) in [6, 6.07) is 0. The number of nitrogens with zero attached hydrogens (tertiary/aromatic N) is 2. The van der Waals surface area contributed by atoms with Crippen molar-refractivity contribution in [3.05, 3.63) is 16.7 Å². The normalized spacial score (nSPS) is 29.3. The average Bonchev–Trinajstić information content (AvgIpc) is 2.99. The number of aliphatic hydroxyl groups is 2. The van der Waals surface area contributed by atoms with Crippen molar-refractivity contribution in [1.82, 2.24) is 15.0 Å². The van der Waals surface area contributed by atoms with E-state index in [2.05, 4.69) is 15.0 Å². The van der Waals surface area contributed by atoms with E-state index in [0.29, 0.717) is 0 Å². The molecule has 1 aliphatic rings. The molecule has 1 aliphatic heterocycles. The lowest BCUT2D eigenvalue weighted by atomic mass is 10.1. The fourth-order valence-electron chi connectivity index (χ4n) is 2.53. The van der Waals surface area contributed by atoms with Crippen LogP contribution in [0.25, 0.3) is 11.2 Å². The number of methoxy groups -OCH3 is 1. The first-order valence-electron chi connectivity index (χ1n) is 6.32. The van der Waals surface area contributed by atoms with Crippen LogP contribution in [0.3, 0.4) is 0 Å². The maximum atomic E-state index is 11.8. The first-order valence-corrected chi connectivity index (χ1v) is 6.32. The van der Waals surface area contributed by atoms with E-state index < -0.39 is 30.1 Å². The second-order valence-corrected chi connectivity index (χ2v) is 4.77. The van der Waals surface area contributed by atoms with Gasteiger partial charge >= 0.3 is 5.65 Å². The fraction of sp³-hybridized carbons (Fsp3) is 0.545. The molecule has 3 heterocycles. The molecule has 0 saturated carbocycles. The molecule has 1 fully saturated rings. The van der Waals surface area contributed by atoms with E-state index in [4.69, 9.17) is 15.2 Å². The summed E-state index contributed by atoms with van der Waals surface area (Å²) < 4.78 is 12.3. The number of rotatable bonds is 3. The maximum Gasteiger partial charge on any atom is 0.313 e. The molecule has 0 bridgehead atoms. The first-order chi connectivity index (χ1) is 10.1. The summed E-state index contributed by atoms with van der Waals surface area (Å²) in [5, 5.41) is 19.3. The molecular formula is C11H16N5O5+. The second kappa shape index (κ2) is 5.07. The van der Waals surface area contributed by atoms with Crippen molar-refractivity contribution in [3.63, 3.8) is 0 Å². The van der Waals surface area contributed by atoms with Gasteiger partial charge in [-0.2, -0.15) is 0 Å². The Morgan fingerprint density at radius 1 is 1.62 bits per heavy atom. The van der Waals surface area contributed by atoms with Crippen LogP contribution in [0.5, 0.6) is 0 Å². The summed E-state index contributed by atoms with van der Waals surface area (Å²) in [7, 11) is 1.42. The van der Waals surface area contributed by atoms with Crippen molar-refractivity contribution in [3.8, 4) is 0 Å². The summed E-state index contributed by atoms with van der Waals surface area (Å²) in [6.07, 6.45) is -1.76. The number of imidazole rings is 1. The molecule has 0 aliphatic carbocycles. The largest absolute Gasteiger partial charge is 0.394 e. The Morgan fingerprint density at radius 2 is 2.38 bits per heavy atom. The standard InChI is InChI=1S/C11H15N5O5/c1-20-7-6(18)4(2-17)21-10(7)16-3-13-5-8(16)14-11(12)15-9(5)19/h3-4,6-7,10,17-18H,2H2,1H3,(H3,12,14,15,19)/p+1/t4-,6?,7-,10-/m1/s1. The highest BCUT2D eigenvalue weighted by atomic mass is 16.6.